The summed E-state index contributed by atoms with van der Waals surface area (Å²) in [5.74, 6) is 0.389. The fourth-order valence-corrected chi connectivity index (χ4v) is 2.12. The van der Waals surface area contributed by atoms with Crippen LogP contribution in [-0.2, 0) is 11.2 Å². The Morgan fingerprint density at radius 2 is 2.40 bits per heavy atom. The lowest BCUT2D eigenvalue weighted by Gasteiger charge is -2.01. The quantitative estimate of drug-likeness (QED) is 0.441. The first kappa shape index (κ1) is 12.5. The number of nitrogens with zero attached hydrogens (tertiary/aromatic N) is 1. The molecule has 1 rings (SSSR count). The minimum absolute atomic E-state index is 0.263. The molecular formula is C10H14ClNO2S. The van der Waals surface area contributed by atoms with Crippen molar-refractivity contribution in [3.63, 3.8) is 0 Å². The summed E-state index contributed by atoms with van der Waals surface area (Å²) in [4.78, 5) is 16.3. The van der Waals surface area contributed by atoms with Crippen LogP contribution in [-0.4, -0.2) is 23.4 Å². The summed E-state index contributed by atoms with van der Waals surface area (Å²) in [5, 5.41) is 0. The van der Waals surface area contributed by atoms with Crippen LogP contribution in [0.25, 0.3) is 0 Å². The van der Waals surface area contributed by atoms with Crippen LogP contribution in [0.15, 0.2) is 5.51 Å². The molecule has 1 aromatic rings. The van der Waals surface area contributed by atoms with Crippen LogP contribution in [0.1, 0.15) is 35.1 Å². The maximum Gasteiger partial charge on any atom is 0.350 e. The third-order valence-corrected chi connectivity index (χ3v) is 3.02. The highest BCUT2D eigenvalue weighted by Crippen LogP contribution is 2.17. The summed E-state index contributed by atoms with van der Waals surface area (Å²) in [6.45, 7) is 2.20. The molecule has 0 N–H and O–H groups in total. The Bertz CT molecular complexity index is 314. The highest BCUT2D eigenvalue weighted by molar-refractivity contribution is 7.11. The number of rotatable bonds is 6. The number of hydrogen-bond donors (Lipinski definition) is 0. The van der Waals surface area contributed by atoms with Crippen molar-refractivity contribution >= 4 is 28.9 Å². The molecule has 0 amide bonds. The number of esters is 1. The smallest absolute Gasteiger partial charge is 0.350 e. The molecule has 1 aromatic heterocycles. The fourth-order valence-electron chi connectivity index (χ4n) is 1.20. The molecule has 1 heterocycles. The van der Waals surface area contributed by atoms with Gasteiger partial charge in [-0.2, -0.15) is 0 Å². The molecule has 0 unspecified atom stereocenters. The van der Waals surface area contributed by atoms with E-state index in [-0.39, 0.29) is 5.97 Å². The van der Waals surface area contributed by atoms with E-state index in [9.17, 15) is 4.79 Å². The molecule has 0 aliphatic heterocycles. The van der Waals surface area contributed by atoms with E-state index in [1.54, 1.807) is 12.4 Å². The van der Waals surface area contributed by atoms with Crippen LogP contribution < -0.4 is 0 Å². The maximum absolute atomic E-state index is 11.5. The second kappa shape index (κ2) is 6.80. The van der Waals surface area contributed by atoms with Gasteiger partial charge in [0.05, 0.1) is 17.8 Å². The van der Waals surface area contributed by atoms with Gasteiger partial charge in [-0.3, -0.25) is 0 Å². The molecule has 0 aromatic carbocycles. The fraction of sp³-hybridized carbons (Fsp3) is 0.600. The van der Waals surface area contributed by atoms with Crippen molar-refractivity contribution in [3.8, 4) is 0 Å². The Morgan fingerprint density at radius 3 is 3.07 bits per heavy atom. The molecule has 0 fully saturated rings. The highest BCUT2D eigenvalue weighted by Gasteiger charge is 2.14. The lowest BCUT2D eigenvalue weighted by molar-refractivity contribution is 0.0530. The SMILES string of the molecule is CCOC(=O)c1scnc1CCCCCl. The van der Waals surface area contributed by atoms with E-state index >= 15 is 0 Å². The zero-order chi connectivity index (χ0) is 11.1. The van der Waals surface area contributed by atoms with Gasteiger partial charge in [-0.25, -0.2) is 9.78 Å². The molecular weight excluding hydrogens is 234 g/mol. The minimum atomic E-state index is -0.263. The van der Waals surface area contributed by atoms with Gasteiger partial charge in [0.15, 0.2) is 0 Å². The van der Waals surface area contributed by atoms with Gasteiger partial charge in [0, 0.05) is 5.88 Å². The minimum Gasteiger partial charge on any atom is -0.462 e. The van der Waals surface area contributed by atoms with Crippen LogP contribution in [0.5, 0.6) is 0 Å². The number of thiazole rings is 1. The van der Waals surface area contributed by atoms with Crippen molar-refractivity contribution in [1.82, 2.24) is 4.98 Å². The predicted molar refractivity (Wildman–Crippen MR) is 61.7 cm³/mol. The van der Waals surface area contributed by atoms with Gasteiger partial charge in [0.2, 0.25) is 0 Å². The average molecular weight is 248 g/mol. The van der Waals surface area contributed by atoms with E-state index in [2.05, 4.69) is 4.98 Å². The van der Waals surface area contributed by atoms with Gasteiger partial charge in [-0.15, -0.1) is 22.9 Å². The van der Waals surface area contributed by atoms with Crippen LogP contribution in [0.4, 0.5) is 0 Å². The summed E-state index contributed by atoms with van der Waals surface area (Å²) in [5.41, 5.74) is 2.52. The Hall–Kier alpha value is -0.610. The van der Waals surface area contributed by atoms with Crippen LogP contribution in [0, 0.1) is 0 Å². The largest absolute Gasteiger partial charge is 0.462 e. The second-order valence-electron chi connectivity index (χ2n) is 2.99. The molecule has 0 aliphatic carbocycles. The van der Waals surface area contributed by atoms with Crippen molar-refractivity contribution in [2.75, 3.05) is 12.5 Å². The molecule has 15 heavy (non-hydrogen) atoms. The number of aryl methyl sites for hydroxylation is 1. The van der Waals surface area contributed by atoms with Crippen molar-refractivity contribution in [3.05, 3.63) is 16.1 Å². The molecule has 5 heteroatoms. The third-order valence-electron chi connectivity index (χ3n) is 1.90. The lowest BCUT2D eigenvalue weighted by Crippen LogP contribution is -2.05. The molecule has 0 bridgehead atoms. The lowest BCUT2D eigenvalue weighted by atomic mass is 10.2. The second-order valence-corrected chi connectivity index (χ2v) is 4.23. The highest BCUT2D eigenvalue weighted by atomic mass is 35.5. The number of carbonyl (C=O) groups is 1. The number of alkyl halides is 1. The summed E-state index contributed by atoms with van der Waals surface area (Å²) in [6, 6.07) is 0. The number of unbranched alkanes of at least 4 members (excludes halogenated alkanes) is 1. The Morgan fingerprint density at radius 1 is 1.60 bits per heavy atom. The van der Waals surface area contributed by atoms with E-state index in [1.807, 2.05) is 0 Å². The molecule has 3 nitrogen and oxygen atoms in total. The first-order valence-electron chi connectivity index (χ1n) is 4.95. The van der Waals surface area contributed by atoms with Gasteiger partial charge in [-0.1, -0.05) is 0 Å². The zero-order valence-corrected chi connectivity index (χ0v) is 10.2. The van der Waals surface area contributed by atoms with E-state index in [0.717, 1.165) is 25.0 Å². The summed E-state index contributed by atoms with van der Waals surface area (Å²) >= 11 is 6.92. The number of hydrogen-bond acceptors (Lipinski definition) is 4. The topological polar surface area (TPSA) is 39.2 Å². The first-order valence-corrected chi connectivity index (χ1v) is 6.36. The van der Waals surface area contributed by atoms with Crippen LogP contribution in [0.2, 0.25) is 0 Å². The van der Waals surface area contributed by atoms with Crippen molar-refractivity contribution in [2.45, 2.75) is 26.2 Å². The van der Waals surface area contributed by atoms with E-state index < -0.39 is 0 Å². The summed E-state index contributed by atoms with van der Waals surface area (Å²) in [7, 11) is 0. The van der Waals surface area contributed by atoms with E-state index in [0.29, 0.717) is 17.4 Å². The summed E-state index contributed by atoms with van der Waals surface area (Å²) < 4.78 is 4.94. The monoisotopic (exact) mass is 247 g/mol. The van der Waals surface area contributed by atoms with Crippen molar-refractivity contribution < 1.29 is 9.53 Å². The Kier molecular flexibility index (Phi) is 5.65. The van der Waals surface area contributed by atoms with Crippen molar-refractivity contribution in [1.29, 1.82) is 0 Å². The first-order chi connectivity index (χ1) is 7.29. The van der Waals surface area contributed by atoms with E-state index in [4.69, 9.17) is 16.3 Å². The molecule has 0 saturated heterocycles. The third kappa shape index (κ3) is 3.80. The van der Waals surface area contributed by atoms with Crippen LogP contribution in [0.3, 0.4) is 0 Å². The predicted octanol–water partition coefficient (Wildman–Crippen LogP) is 2.88. The van der Waals surface area contributed by atoms with E-state index in [1.165, 1.54) is 11.3 Å². The van der Waals surface area contributed by atoms with Gasteiger partial charge in [-0.05, 0) is 26.2 Å². The zero-order valence-electron chi connectivity index (χ0n) is 8.66. The van der Waals surface area contributed by atoms with Crippen molar-refractivity contribution in [2.24, 2.45) is 0 Å². The Labute approximate surface area is 98.4 Å². The van der Waals surface area contributed by atoms with Gasteiger partial charge in [0.1, 0.15) is 4.88 Å². The molecule has 0 saturated carbocycles. The van der Waals surface area contributed by atoms with Gasteiger partial charge < -0.3 is 4.74 Å². The van der Waals surface area contributed by atoms with Gasteiger partial charge in [0.25, 0.3) is 0 Å². The number of carbonyl (C=O) groups excluding carboxylic acids is 1. The normalized spacial score (nSPS) is 10.3. The molecule has 0 atom stereocenters. The molecule has 0 aliphatic rings. The molecule has 0 radical (unpaired) electrons. The van der Waals surface area contributed by atoms with Gasteiger partial charge >= 0.3 is 5.97 Å². The molecule has 0 spiro atoms. The standard InChI is InChI=1S/C10H14ClNO2S/c1-2-14-10(13)9-8(12-7-15-9)5-3-4-6-11/h7H,2-6H2,1H3. The number of aromatic nitrogens is 1. The van der Waals surface area contributed by atoms with Crippen LogP contribution >= 0.6 is 22.9 Å². The number of ether oxygens (including phenoxy) is 1. The average Bonchev–Trinajstić information content (AvgIpc) is 2.67. The Balaban J connectivity index is 2.56. The maximum atomic E-state index is 11.5. The number of halogens is 1. The molecule has 84 valence electrons. The summed E-state index contributed by atoms with van der Waals surface area (Å²) in [6.07, 6.45) is 2.70.